The van der Waals surface area contributed by atoms with E-state index in [0.717, 1.165) is 5.56 Å². The van der Waals surface area contributed by atoms with Crippen LogP contribution in [0.3, 0.4) is 0 Å². The predicted molar refractivity (Wildman–Crippen MR) is 101 cm³/mol. The number of hydrogen-bond acceptors (Lipinski definition) is 6. The molecule has 0 saturated carbocycles. The van der Waals surface area contributed by atoms with Crippen LogP contribution in [0.25, 0.3) is 11.1 Å². The van der Waals surface area contributed by atoms with Crippen molar-refractivity contribution in [1.29, 1.82) is 0 Å². The maximum Gasteiger partial charge on any atom is 0.344 e. The zero-order valence-electron chi connectivity index (χ0n) is 15.1. The van der Waals surface area contributed by atoms with Crippen molar-refractivity contribution in [3.05, 3.63) is 72.1 Å². The maximum absolute atomic E-state index is 11.9. The van der Waals surface area contributed by atoms with Crippen molar-refractivity contribution in [2.24, 2.45) is 0 Å². The van der Waals surface area contributed by atoms with Crippen LogP contribution in [0.15, 0.2) is 59.5 Å². The first-order valence-corrected chi connectivity index (χ1v) is 8.58. The molecule has 6 heteroatoms. The maximum atomic E-state index is 11.9. The van der Waals surface area contributed by atoms with Crippen LogP contribution in [-0.4, -0.2) is 29.3 Å². The Balaban J connectivity index is 1.80. The van der Waals surface area contributed by atoms with E-state index in [0.29, 0.717) is 30.9 Å². The third-order valence-corrected chi connectivity index (χ3v) is 4.13. The van der Waals surface area contributed by atoms with Gasteiger partial charge in [0.15, 0.2) is 11.5 Å². The summed E-state index contributed by atoms with van der Waals surface area (Å²) in [5.41, 5.74) is 1.75. The van der Waals surface area contributed by atoms with Gasteiger partial charge in [0.05, 0.1) is 26.2 Å². The molecule has 3 rings (SSSR count). The molecular weight excluding hydrogens is 346 g/mol. The molecular formula is C21H21NO5. The quantitative estimate of drug-likeness (QED) is 0.478. The van der Waals surface area contributed by atoms with E-state index in [1.165, 1.54) is 13.2 Å². The number of aromatic hydroxyl groups is 1. The smallest absolute Gasteiger partial charge is 0.344 e. The minimum absolute atomic E-state index is 0.00419. The van der Waals surface area contributed by atoms with Gasteiger partial charge < -0.3 is 19.0 Å². The summed E-state index contributed by atoms with van der Waals surface area (Å²) >= 11 is 0. The number of methoxy groups -OCH3 is 1. The molecule has 140 valence electrons. The highest BCUT2D eigenvalue weighted by atomic mass is 16.5. The molecule has 1 atom stereocenters. The van der Waals surface area contributed by atoms with Crippen LogP contribution in [0.2, 0.25) is 0 Å². The van der Waals surface area contributed by atoms with Crippen LogP contribution in [0.1, 0.15) is 28.2 Å². The summed E-state index contributed by atoms with van der Waals surface area (Å²) in [7, 11) is 1.25. The lowest BCUT2D eigenvalue weighted by Gasteiger charge is -2.14. The summed E-state index contributed by atoms with van der Waals surface area (Å²) < 4.78 is 16.4. The number of esters is 1. The van der Waals surface area contributed by atoms with Crippen molar-refractivity contribution in [3.63, 3.8) is 0 Å². The second-order valence-corrected chi connectivity index (χ2v) is 6.05. The highest BCUT2D eigenvalue weighted by molar-refractivity contribution is 6.04. The largest absolute Gasteiger partial charge is 0.507 e. The number of carbonyl (C=O) groups is 1. The molecule has 1 N–H and O–H groups in total. The zero-order chi connectivity index (χ0) is 19.2. The van der Waals surface area contributed by atoms with E-state index in [9.17, 15) is 9.90 Å². The van der Waals surface area contributed by atoms with Crippen LogP contribution in [0, 0.1) is 0 Å². The molecule has 0 bridgehead atoms. The molecule has 3 aromatic rings. The number of carbonyl (C=O) groups excluding carboxylic acids is 1. The van der Waals surface area contributed by atoms with Crippen LogP contribution in [0.4, 0.5) is 0 Å². The normalized spacial score (nSPS) is 12.0. The molecule has 1 aromatic heterocycles. The fraction of sp³-hybridized carbons (Fsp3) is 0.238. The fourth-order valence-corrected chi connectivity index (χ4v) is 2.80. The zero-order valence-corrected chi connectivity index (χ0v) is 15.1. The third kappa shape index (κ3) is 4.35. The van der Waals surface area contributed by atoms with E-state index in [4.69, 9.17) is 13.9 Å². The van der Waals surface area contributed by atoms with Crippen molar-refractivity contribution >= 4 is 17.1 Å². The summed E-state index contributed by atoms with van der Waals surface area (Å²) in [5.74, 6) is -0.446. The summed E-state index contributed by atoms with van der Waals surface area (Å²) in [5, 5.41) is 9.98. The van der Waals surface area contributed by atoms with Crippen molar-refractivity contribution in [3.8, 4) is 5.75 Å². The summed E-state index contributed by atoms with van der Waals surface area (Å²) in [4.78, 5) is 16.3. The second kappa shape index (κ2) is 8.51. The number of phenolic OH excluding ortho intramolecular Hbond substituents is 1. The SMILES string of the molecule is C=CC[C@@H](Cc1nc2c(C(=O)OC)c(O)ccc2o1)OCc1ccccc1. The number of aromatic nitrogens is 1. The summed E-state index contributed by atoms with van der Waals surface area (Å²) in [6.45, 7) is 4.24. The summed E-state index contributed by atoms with van der Waals surface area (Å²) in [6.07, 6.45) is 2.64. The van der Waals surface area contributed by atoms with Gasteiger partial charge in [-0.2, -0.15) is 0 Å². The Morgan fingerprint density at radius 3 is 2.78 bits per heavy atom. The Morgan fingerprint density at radius 1 is 1.30 bits per heavy atom. The van der Waals surface area contributed by atoms with Crippen LogP contribution in [0.5, 0.6) is 5.75 Å². The average Bonchev–Trinajstić information content (AvgIpc) is 3.09. The molecule has 2 aromatic carbocycles. The first kappa shape index (κ1) is 18.7. The molecule has 0 radical (unpaired) electrons. The molecule has 6 nitrogen and oxygen atoms in total. The van der Waals surface area contributed by atoms with E-state index < -0.39 is 5.97 Å². The highest BCUT2D eigenvalue weighted by Gasteiger charge is 2.22. The van der Waals surface area contributed by atoms with Gasteiger partial charge >= 0.3 is 5.97 Å². The molecule has 0 saturated heterocycles. The fourth-order valence-electron chi connectivity index (χ4n) is 2.80. The number of ether oxygens (including phenoxy) is 2. The van der Waals surface area contributed by atoms with Gasteiger partial charge in [0.25, 0.3) is 0 Å². The third-order valence-electron chi connectivity index (χ3n) is 4.13. The Morgan fingerprint density at radius 2 is 2.07 bits per heavy atom. The van der Waals surface area contributed by atoms with Crippen molar-refractivity contribution in [2.45, 2.75) is 25.6 Å². The van der Waals surface area contributed by atoms with E-state index in [-0.39, 0.29) is 22.9 Å². The van der Waals surface area contributed by atoms with Crippen LogP contribution < -0.4 is 0 Å². The monoisotopic (exact) mass is 367 g/mol. The molecule has 0 amide bonds. The van der Waals surface area contributed by atoms with Gasteiger partial charge in [0.1, 0.15) is 16.8 Å². The van der Waals surface area contributed by atoms with Gasteiger partial charge in [-0.15, -0.1) is 6.58 Å². The first-order valence-electron chi connectivity index (χ1n) is 8.58. The minimum atomic E-state index is -0.666. The van der Waals surface area contributed by atoms with Gasteiger partial charge in [-0.3, -0.25) is 0 Å². The van der Waals surface area contributed by atoms with E-state index in [2.05, 4.69) is 11.6 Å². The number of benzene rings is 2. The molecule has 27 heavy (non-hydrogen) atoms. The topological polar surface area (TPSA) is 81.8 Å². The molecule has 0 aliphatic heterocycles. The van der Waals surface area contributed by atoms with Gasteiger partial charge in [0, 0.05) is 0 Å². The first-order chi connectivity index (χ1) is 13.1. The highest BCUT2D eigenvalue weighted by Crippen LogP contribution is 2.28. The molecule has 0 unspecified atom stereocenters. The molecule has 0 spiro atoms. The van der Waals surface area contributed by atoms with Crippen LogP contribution >= 0.6 is 0 Å². The molecule has 0 fully saturated rings. The molecule has 1 heterocycles. The van der Waals surface area contributed by atoms with Crippen molar-refractivity contribution in [2.75, 3.05) is 7.11 Å². The van der Waals surface area contributed by atoms with E-state index >= 15 is 0 Å². The van der Waals surface area contributed by atoms with Gasteiger partial charge in [-0.05, 0) is 24.1 Å². The minimum Gasteiger partial charge on any atom is -0.507 e. The number of phenols is 1. The van der Waals surface area contributed by atoms with E-state index in [1.807, 2.05) is 30.3 Å². The van der Waals surface area contributed by atoms with Gasteiger partial charge in [-0.1, -0.05) is 36.4 Å². The lowest BCUT2D eigenvalue weighted by molar-refractivity contribution is 0.0392. The Bertz CT molecular complexity index is 932. The summed E-state index contributed by atoms with van der Waals surface area (Å²) in [6, 6.07) is 12.8. The van der Waals surface area contributed by atoms with Crippen molar-refractivity contribution < 1.29 is 23.8 Å². The molecule has 0 aliphatic carbocycles. The average molecular weight is 367 g/mol. The lowest BCUT2D eigenvalue weighted by Crippen LogP contribution is -2.15. The van der Waals surface area contributed by atoms with Gasteiger partial charge in [0.2, 0.25) is 0 Å². The number of rotatable bonds is 8. The van der Waals surface area contributed by atoms with Crippen molar-refractivity contribution in [1.82, 2.24) is 4.98 Å². The lowest BCUT2D eigenvalue weighted by atomic mass is 10.1. The molecule has 0 aliphatic rings. The number of hydrogen-bond donors (Lipinski definition) is 1. The number of oxazole rings is 1. The Labute approximate surface area is 157 Å². The van der Waals surface area contributed by atoms with Gasteiger partial charge in [-0.25, -0.2) is 9.78 Å². The Hall–Kier alpha value is -3.12. The number of nitrogens with zero attached hydrogens (tertiary/aromatic N) is 1. The van der Waals surface area contributed by atoms with Crippen LogP contribution in [-0.2, 0) is 22.5 Å². The second-order valence-electron chi connectivity index (χ2n) is 6.05. The van der Waals surface area contributed by atoms with E-state index in [1.54, 1.807) is 12.1 Å². The number of fused-ring (bicyclic) bond motifs is 1. The Kier molecular flexibility index (Phi) is 5.88. The standard InChI is InChI=1S/C21H21NO5/c1-3-7-15(26-13-14-8-5-4-6-9-14)12-18-22-20-17(27-18)11-10-16(23)19(20)21(24)25-2/h3-6,8-11,15,23H,1,7,12-13H2,2H3/t15-/m0/s1. The predicted octanol–water partition coefficient (Wildman–Crippen LogP) is 4.02.